The number of hydrogen-bond donors (Lipinski definition) is 6. The van der Waals surface area contributed by atoms with Crippen LogP contribution in [0, 0.1) is 17.8 Å². The third-order valence-electron chi connectivity index (χ3n) is 4.79. The van der Waals surface area contributed by atoms with Crippen LogP contribution in [0.5, 0.6) is 0 Å². The molecular formula is C21H27N3O5. The second-order valence-electron chi connectivity index (χ2n) is 7.96. The van der Waals surface area contributed by atoms with E-state index < -0.39 is 29.0 Å². The van der Waals surface area contributed by atoms with E-state index in [0.29, 0.717) is 24.0 Å². The fourth-order valence-corrected chi connectivity index (χ4v) is 3.06. The van der Waals surface area contributed by atoms with Crippen LogP contribution in [0.15, 0.2) is 36.4 Å². The largest absolute Gasteiger partial charge is 0.393 e. The number of aliphatic hydroxyl groups is 2. The number of aliphatic hydroxyl groups excluding tert-OH is 1. The molecule has 8 heteroatoms. The lowest BCUT2D eigenvalue weighted by atomic mass is 9.71. The molecule has 8 nitrogen and oxygen atoms in total. The molecule has 0 aliphatic heterocycles. The van der Waals surface area contributed by atoms with Gasteiger partial charge >= 0.3 is 0 Å². The number of carbonyl (C=O) groups excluding carboxylic acids is 2. The van der Waals surface area contributed by atoms with Crippen molar-refractivity contribution in [1.82, 2.24) is 10.8 Å². The molecule has 29 heavy (non-hydrogen) atoms. The van der Waals surface area contributed by atoms with Crippen LogP contribution in [-0.4, -0.2) is 51.0 Å². The van der Waals surface area contributed by atoms with Crippen molar-refractivity contribution in [3.63, 3.8) is 0 Å². The third-order valence-corrected chi connectivity index (χ3v) is 4.79. The smallest absolute Gasteiger partial charge is 0.267 e. The number of carbonyl (C=O) groups is 2. The molecule has 0 radical (unpaired) electrons. The highest BCUT2D eigenvalue weighted by atomic mass is 16.5. The Morgan fingerprint density at radius 2 is 1.97 bits per heavy atom. The molecule has 0 unspecified atom stereocenters. The summed E-state index contributed by atoms with van der Waals surface area (Å²) in [5.74, 6) is 4.75. The fourth-order valence-electron chi connectivity index (χ4n) is 3.06. The first kappa shape index (κ1) is 22.6. The lowest BCUT2D eigenvalue weighted by Gasteiger charge is -2.40. The van der Waals surface area contributed by atoms with Crippen LogP contribution in [-0.2, 0) is 4.79 Å². The summed E-state index contributed by atoms with van der Waals surface area (Å²) >= 11 is 0. The standard InChI is InChI=1S/C21H27N3O5/c1-20(2,22)17(19(27)24-29)23-18(26)16-9-7-14(8-10-16)5-3-4-6-15-11-21(28,12-15)13-25/h4,6-10,15,17,25,28-29H,11-13,22H2,1-2H3,(H,23,26)(H,24,27)/b6-4+/t15?,17-,21?/m1/s1. The summed E-state index contributed by atoms with van der Waals surface area (Å²) in [6.45, 7) is 2.90. The molecule has 0 bridgehead atoms. The number of rotatable bonds is 6. The maximum atomic E-state index is 12.4. The number of nitrogens with two attached hydrogens (primary N) is 1. The topological polar surface area (TPSA) is 145 Å². The van der Waals surface area contributed by atoms with E-state index in [4.69, 9.17) is 16.0 Å². The molecule has 1 aromatic rings. The van der Waals surface area contributed by atoms with Gasteiger partial charge in [0.1, 0.15) is 6.04 Å². The van der Waals surface area contributed by atoms with Crippen LogP contribution in [0.1, 0.15) is 42.6 Å². The molecule has 2 amide bonds. The van der Waals surface area contributed by atoms with Crippen molar-refractivity contribution in [2.75, 3.05) is 6.61 Å². The minimum atomic E-state index is -1.11. The van der Waals surface area contributed by atoms with Gasteiger partial charge in [0.2, 0.25) is 0 Å². The predicted octanol–water partition coefficient (Wildman–Crippen LogP) is 0.0688. The van der Waals surface area contributed by atoms with E-state index in [0.717, 1.165) is 0 Å². The van der Waals surface area contributed by atoms with Crippen molar-refractivity contribution in [1.29, 1.82) is 0 Å². The lowest BCUT2D eigenvalue weighted by molar-refractivity contribution is -0.132. The zero-order valence-corrected chi connectivity index (χ0v) is 16.5. The van der Waals surface area contributed by atoms with Gasteiger partial charge < -0.3 is 21.3 Å². The van der Waals surface area contributed by atoms with E-state index in [1.807, 2.05) is 6.08 Å². The van der Waals surface area contributed by atoms with Crippen LogP contribution in [0.4, 0.5) is 0 Å². The van der Waals surface area contributed by atoms with Gasteiger partial charge in [0, 0.05) is 16.7 Å². The molecule has 0 saturated heterocycles. The third kappa shape index (κ3) is 6.14. The quantitative estimate of drug-likeness (QED) is 0.226. The van der Waals surface area contributed by atoms with Crippen LogP contribution < -0.4 is 16.5 Å². The summed E-state index contributed by atoms with van der Waals surface area (Å²) < 4.78 is 0. The van der Waals surface area contributed by atoms with Crippen molar-refractivity contribution in [2.45, 2.75) is 43.9 Å². The number of hydroxylamine groups is 1. The Labute approximate surface area is 169 Å². The Morgan fingerprint density at radius 1 is 1.34 bits per heavy atom. The molecule has 1 atom stereocenters. The second kappa shape index (κ2) is 9.20. The van der Waals surface area contributed by atoms with E-state index in [9.17, 15) is 14.7 Å². The summed E-state index contributed by atoms with van der Waals surface area (Å²) in [5.41, 5.74) is 6.40. The monoisotopic (exact) mass is 401 g/mol. The Morgan fingerprint density at radius 3 is 2.48 bits per heavy atom. The highest BCUT2D eigenvalue weighted by Crippen LogP contribution is 2.37. The minimum absolute atomic E-state index is 0.211. The first-order valence-corrected chi connectivity index (χ1v) is 9.23. The molecule has 7 N–H and O–H groups in total. The van der Waals surface area contributed by atoms with Crippen LogP contribution >= 0.6 is 0 Å². The molecule has 0 spiro atoms. The number of allylic oxidation sites excluding steroid dienone is 2. The summed E-state index contributed by atoms with van der Waals surface area (Å²) in [6.07, 6.45) is 4.67. The number of nitrogens with one attached hydrogen (secondary N) is 2. The van der Waals surface area contributed by atoms with E-state index in [2.05, 4.69) is 17.2 Å². The van der Waals surface area contributed by atoms with Gasteiger partial charge in [-0.2, -0.15) is 0 Å². The molecular weight excluding hydrogens is 374 g/mol. The molecule has 0 aromatic heterocycles. The molecule has 1 aromatic carbocycles. The van der Waals surface area contributed by atoms with Gasteiger partial charge in [-0.1, -0.05) is 17.9 Å². The van der Waals surface area contributed by atoms with Crippen molar-refractivity contribution in [3.05, 3.63) is 47.5 Å². The highest BCUT2D eigenvalue weighted by molar-refractivity contribution is 5.97. The van der Waals surface area contributed by atoms with Gasteiger partial charge in [-0.15, -0.1) is 0 Å². The van der Waals surface area contributed by atoms with Gasteiger partial charge in [0.05, 0.1) is 12.2 Å². The molecule has 2 rings (SSSR count). The summed E-state index contributed by atoms with van der Waals surface area (Å²) in [5, 5.41) is 30.1. The Balaban J connectivity index is 1.95. The van der Waals surface area contributed by atoms with Gasteiger partial charge in [0.15, 0.2) is 0 Å². The van der Waals surface area contributed by atoms with Crippen LogP contribution in [0.3, 0.4) is 0 Å². The van der Waals surface area contributed by atoms with Crippen molar-refractivity contribution in [3.8, 4) is 11.8 Å². The molecule has 156 valence electrons. The summed E-state index contributed by atoms with van der Waals surface area (Å²) in [4.78, 5) is 24.1. The fraction of sp³-hybridized carbons (Fsp3) is 0.429. The maximum Gasteiger partial charge on any atom is 0.267 e. The first-order chi connectivity index (χ1) is 13.6. The Bertz CT molecular complexity index is 825. The zero-order valence-electron chi connectivity index (χ0n) is 16.5. The SMILES string of the molecule is CC(C)(N)[C@H](NC(=O)c1ccc(C#C/C=C/C2CC(O)(CO)C2)cc1)C(=O)NO. The summed E-state index contributed by atoms with van der Waals surface area (Å²) in [6, 6.07) is 5.40. The normalized spacial score (nSPS) is 22.2. The highest BCUT2D eigenvalue weighted by Gasteiger charge is 2.40. The van der Waals surface area contributed by atoms with E-state index >= 15 is 0 Å². The molecule has 1 fully saturated rings. The number of benzene rings is 1. The van der Waals surface area contributed by atoms with Crippen LogP contribution in [0.25, 0.3) is 0 Å². The van der Waals surface area contributed by atoms with Gasteiger partial charge in [0.25, 0.3) is 11.8 Å². The summed E-state index contributed by atoms with van der Waals surface area (Å²) in [7, 11) is 0. The maximum absolute atomic E-state index is 12.4. The molecule has 1 aliphatic carbocycles. The molecule has 1 saturated carbocycles. The van der Waals surface area contributed by atoms with E-state index in [-0.39, 0.29) is 12.5 Å². The first-order valence-electron chi connectivity index (χ1n) is 9.23. The molecule has 0 heterocycles. The van der Waals surface area contributed by atoms with Crippen molar-refractivity contribution in [2.24, 2.45) is 11.7 Å². The lowest BCUT2D eigenvalue weighted by Crippen LogP contribution is -2.61. The van der Waals surface area contributed by atoms with E-state index in [1.165, 1.54) is 5.48 Å². The van der Waals surface area contributed by atoms with E-state index in [1.54, 1.807) is 44.2 Å². The van der Waals surface area contributed by atoms with Gasteiger partial charge in [-0.05, 0) is 62.9 Å². The Kier molecular flexibility index (Phi) is 7.16. The van der Waals surface area contributed by atoms with Crippen molar-refractivity contribution >= 4 is 11.8 Å². The Hall–Kier alpha value is -2.70. The number of amides is 2. The minimum Gasteiger partial charge on any atom is -0.393 e. The number of hydrogen-bond acceptors (Lipinski definition) is 6. The average Bonchev–Trinajstić information content (AvgIpc) is 2.66. The van der Waals surface area contributed by atoms with Gasteiger partial charge in [-0.25, -0.2) is 5.48 Å². The van der Waals surface area contributed by atoms with Crippen LogP contribution in [0.2, 0.25) is 0 Å². The predicted molar refractivity (Wildman–Crippen MR) is 107 cm³/mol. The van der Waals surface area contributed by atoms with Gasteiger partial charge in [-0.3, -0.25) is 14.8 Å². The zero-order chi connectivity index (χ0) is 21.7. The van der Waals surface area contributed by atoms with Crippen molar-refractivity contribution < 1.29 is 25.0 Å². The molecule has 1 aliphatic rings. The second-order valence-corrected chi connectivity index (χ2v) is 7.96. The average molecular weight is 401 g/mol.